The molecule has 11 heavy (non-hydrogen) atoms. The molecular formula is C9H15NS. The van der Waals surface area contributed by atoms with Crippen LogP contribution in [0.3, 0.4) is 0 Å². The molecule has 0 radical (unpaired) electrons. The maximum absolute atomic E-state index is 2.59. The molecule has 0 aliphatic carbocycles. The second-order valence-electron chi connectivity index (χ2n) is 3.66. The van der Waals surface area contributed by atoms with E-state index in [1.807, 2.05) is 0 Å². The number of thioether (sulfide) groups is 1. The lowest BCUT2D eigenvalue weighted by molar-refractivity contribution is 0.182. The minimum atomic E-state index is 0.676. The molecule has 1 fully saturated rings. The van der Waals surface area contributed by atoms with Gasteiger partial charge in [-0.15, -0.1) is 11.8 Å². The molecule has 62 valence electrons. The second kappa shape index (κ2) is 2.53. The van der Waals surface area contributed by atoms with E-state index >= 15 is 0 Å². The third-order valence-electron chi connectivity index (χ3n) is 2.60. The predicted molar refractivity (Wildman–Crippen MR) is 50.7 cm³/mol. The number of hydrogen-bond donors (Lipinski definition) is 0. The maximum Gasteiger partial charge on any atom is 0.0756 e. The van der Waals surface area contributed by atoms with E-state index in [1.54, 1.807) is 0 Å². The second-order valence-corrected chi connectivity index (χ2v) is 4.96. The molecular weight excluding hydrogens is 154 g/mol. The van der Waals surface area contributed by atoms with Crippen LogP contribution in [0.5, 0.6) is 0 Å². The van der Waals surface area contributed by atoms with Crippen LogP contribution >= 0.6 is 11.8 Å². The van der Waals surface area contributed by atoms with Gasteiger partial charge in [0.25, 0.3) is 0 Å². The molecule has 2 heteroatoms. The Morgan fingerprint density at radius 2 is 2.09 bits per heavy atom. The van der Waals surface area contributed by atoms with E-state index in [1.165, 1.54) is 0 Å². The summed E-state index contributed by atoms with van der Waals surface area (Å²) in [7, 11) is 0. The molecule has 1 nitrogen and oxygen atoms in total. The number of nitrogens with zero attached hydrogens (tertiary/aromatic N) is 1. The molecule has 0 amide bonds. The van der Waals surface area contributed by atoms with Gasteiger partial charge >= 0.3 is 0 Å². The van der Waals surface area contributed by atoms with Crippen LogP contribution in [0.2, 0.25) is 0 Å². The van der Waals surface area contributed by atoms with Gasteiger partial charge in [-0.2, -0.15) is 0 Å². The number of hydrogen-bond acceptors (Lipinski definition) is 2. The molecule has 2 aliphatic rings. The van der Waals surface area contributed by atoms with E-state index in [4.69, 9.17) is 0 Å². The van der Waals surface area contributed by atoms with Crippen LogP contribution in [-0.2, 0) is 0 Å². The Bertz CT molecular complexity index is 188. The highest BCUT2D eigenvalue weighted by molar-refractivity contribution is 8.01. The summed E-state index contributed by atoms with van der Waals surface area (Å²) >= 11 is 2.09. The minimum Gasteiger partial charge on any atom is -0.282 e. The average molecular weight is 169 g/mol. The van der Waals surface area contributed by atoms with Crippen LogP contribution in [-0.4, -0.2) is 27.6 Å². The summed E-state index contributed by atoms with van der Waals surface area (Å²) in [5.41, 5.74) is 0. The molecule has 2 bridgehead atoms. The topological polar surface area (TPSA) is 3.24 Å². The van der Waals surface area contributed by atoms with Crippen molar-refractivity contribution in [2.75, 3.05) is 0 Å². The van der Waals surface area contributed by atoms with Crippen LogP contribution in [0.4, 0.5) is 0 Å². The molecule has 2 heterocycles. The Morgan fingerprint density at radius 3 is 2.45 bits per heavy atom. The van der Waals surface area contributed by atoms with Crippen molar-refractivity contribution < 1.29 is 0 Å². The van der Waals surface area contributed by atoms with Gasteiger partial charge in [0.1, 0.15) is 0 Å². The highest BCUT2D eigenvalue weighted by Gasteiger charge is 2.41. The van der Waals surface area contributed by atoms with Crippen LogP contribution < -0.4 is 0 Å². The molecule has 3 unspecified atom stereocenters. The first-order chi connectivity index (χ1) is 5.20. The predicted octanol–water partition coefficient (Wildman–Crippen LogP) is 2.10. The standard InChI is InChI=1S/C9H15NS/c1-6(2)10-7(3)8-4-5-9(10)11-8/h4-9H,1-3H3. The summed E-state index contributed by atoms with van der Waals surface area (Å²) in [6, 6.07) is 1.44. The summed E-state index contributed by atoms with van der Waals surface area (Å²) < 4.78 is 0. The van der Waals surface area contributed by atoms with Gasteiger partial charge in [-0.3, -0.25) is 4.90 Å². The van der Waals surface area contributed by atoms with E-state index in [0.29, 0.717) is 11.4 Å². The molecule has 0 aromatic heterocycles. The monoisotopic (exact) mass is 169 g/mol. The van der Waals surface area contributed by atoms with E-state index in [2.05, 4.69) is 49.6 Å². The van der Waals surface area contributed by atoms with Gasteiger partial charge < -0.3 is 0 Å². The van der Waals surface area contributed by atoms with Crippen LogP contribution in [0.1, 0.15) is 20.8 Å². The fraction of sp³-hybridized carbons (Fsp3) is 0.778. The third kappa shape index (κ3) is 1.04. The number of fused-ring (bicyclic) bond motifs is 2. The Hall–Kier alpha value is 0.0500. The highest BCUT2D eigenvalue weighted by atomic mass is 32.2. The summed E-state index contributed by atoms with van der Waals surface area (Å²) in [6.45, 7) is 6.90. The van der Waals surface area contributed by atoms with Gasteiger partial charge in [-0.25, -0.2) is 0 Å². The molecule has 0 N–H and O–H groups in total. The molecule has 0 spiro atoms. The summed E-state index contributed by atoms with van der Waals surface area (Å²) in [5, 5.41) is 1.44. The Kier molecular flexibility index (Phi) is 1.77. The van der Waals surface area contributed by atoms with Crippen molar-refractivity contribution in [2.45, 2.75) is 43.5 Å². The molecule has 0 saturated carbocycles. The van der Waals surface area contributed by atoms with E-state index < -0.39 is 0 Å². The van der Waals surface area contributed by atoms with Gasteiger partial charge in [-0.05, 0) is 20.8 Å². The van der Waals surface area contributed by atoms with Crippen molar-refractivity contribution >= 4 is 11.8 Å². The van der Waals surface area contributed by atoms with E-state index in [0.717, 1.165) is 11.3 Å². The van der Waals surface area contributed by atoms with Crippen LogP contribution in [0, 0.1) is 0 Å². The first kappa shape index (κ1) is 7.69. The summed E-state index contributed by atoms with van der Waals surface area (Å²) in [4.78, 5) is 2.59. The van der Waals surface area contributed by atoms with Gasteiger partial charge in [0.15, 0.2) is 0 Å². The van der Waals surface area contributed by atoms with Gasteiger partial charge in [0.2, 0.25) is 0 Å². The lowest BCUT2D eigenvalue weighted by Crippen LogP contribution is -2.42. The zero-order chi connectivity index (χ0) is 8.01. The van der Waals surface area contributed by atoms with Crippen molar-refractivity contribution in [3.63, 3.8) is 0 Å². The average Bonchev–Trinajstić information content (AvgIpc) is 2.44. The zero-order valence-electron chi connectivity index (χ0n) is 7.32. The number of rotatable bonds is 1. The third-order valence-corrected chi connectivity index (χ3v) is 4.14. The Balaban J connectivity index is 2.18. The normalized spacial score (nSPS) is 42.7. The van der Waals surface area contributed by atoms with Crippen molar-refractivity contribution in [1.29, 1.82) is 0 Å². The Labute approximate surface area is 72.8 Å². The lowest BCUT2D eigenvalue weighted by Gasteiger charge is -2.32. The quantitative estimate of drug-likeness (QED) is 0.553. The fourth-order valence-corrected chi connectivity index (χ4v) is 3.69. The largest absolute Gasteiger partial charge is 0.282 e. The van der Waals surface area contributed by atoms with Crippen molar-refractivity contribution in [3.8, 4) is 0 Å². The first-order valence-electron chi connectivity index (χ1n) is 4.31. The lowest BCUT2D eigenvalue weighted by atomic mass is 10.1. The first-order valence-corrected chi connectivity index (χ1v) is 5.25. The molecule has 2 aliphatic heterocycles. The van der Waals surface area contributed by atoms with Gasteiger partial charge in [0.05, 0.1) is 5.37 Å². The SMILES string of the molecule is CC(C)N1C2C=CC(S2)C1C. The zero-order valence-corrected chi connectivity index (χ0v) is 8.14. The van der Waals surface area contributed by atoms with E-state index in [-0.39, 0.29) is 0 Å². The molecule has 2 rings (SSSR count). The van der Waals surface area contributed by atoms with Gasteiger partial charge in [-0.1, -0.05) is 12.2 Å². The minimum absolute atomic E-state index is 0.676. The van der Waals surface area contributed by atoms with Gasteiger partial charge in [0, 0.05) is 17.3 Å². The fourth-order valence-electron chi connectivity index (χ4n) is 2.07. The molecule has 3 atom stereocenters. The molecule has 1 saturated heterocycles. The van der Waals surface area contributed by atoms with Crippen molar-refractivity contribution in [2.24, 2.45) is 0 Å². The van der Waals surface area contributed by atoms with E-state index in [9.17, 15) is 0 Å². The highest BCUT2D eigenvalue weighted by Crippen LogP contribution is 2.42. The summed E-state index contributed by atoms with van der Waals surface area (Å²) in [5.74, 6) is 0. The van der Waals surface area contributed by atoms with Crippen LogP contribution in [0.25, 0.3) is 0 Å². The van der Waals surface area contributed by atoms with Crippen molar-refractivity contribution in [3.05, 3.63) is 12.2 Å². The van der Waals surface area contributed by atoms with Crippen LogP contribution in [0.15, 0.2) is 12.2 Å². The molecule has 0 aromatic rings. The summed E-state index contributed by atoms with van der Waals surface area (Å²) in [6.07, 6.45) is 4.70. The Morgan fingerprint density at radius 1 is 1.36 bits per heavy atom. The maximum atomic E-state index is 2.59. The smallest absolute Gasteiger partial charge is 0.0756 e. The molecule has 0 aromatic carbocycles. The van der Waals surface area contributed by atoms with Crippen molar-refractivity contribution in [1.82, 2.24) is 4.90 Å².